The first-order valence-electron chi connectivity index (χ1n) is 9.83. The molecule has 10 heteroatoms. The van der Waals surface area contributed by atoms with Crippen LogP contribution in [0.1, 0.15) is 21.7 Å². The zero-order chi connectivity index (χ0) is 22.3. The lowest BCUT2D eigenvalue weighted by Crippen LogP contribution is -2.60. The Balaban J connectivity index is 1.46. The lowest BCUT2D eigenvalue weighted by Gasteiger charge is -2.38. The SMILES string of the molecule is Cc1cn(C[C@H]2OC[C@@H](NC(=O)c3oc4ccccc4c3C)[C@H](O)[C@@H]2O)c(=O)[nH]c1=O. The fourth-order valence-corrected chi connectivity index (χ4v) is 3.74. The van der Waals surface area contributed by atoms with Gasteiger partial charge in [0.25, 0.3) is 11.5 Å². The Morgan fingerprint density at radius 3 is 2.71 bits per heavy atom. The van der Waals surface area contributed by atoms with Crippen molar-refractivity contribution in [1.29, 1.82) is 0 Å². The number of carbonyl (C=O) groups excluding carboxylic acids is 1. The number of hydrogen-bond acceptors (Lipinski definition) is 7. The largest absolute Gasteiger partial charge is 0.451 e. The van der Waals surface area contributed by atoms with Gasteiger partial charge in [0.1, 0.15) is 23.9 Å². The number of aliphatic hydroxyl groups is 2. The first-order chi connectivity index (χ1) is 14.8. The lowest BCUT2D eigenvalue weighted by atomic mass is 9.97. The molecule has 31 heavy (non-hydrogen) atoms. The molecule has 0 radical (unpaired) electrons. The Labute approximate surface area is 176 Å². The Morgan fingerprint density at radius 2 is 1.97 bits per heavy atom. The van der Waals surface area contributed by atoms with E-state index < -0.39 is 41.5 Å². The van der Waals surface area contributed by atoms with E-state index in [0.29, 0.717) is 16.7 Å². The van der Waals surface area contributed by atoms with Crippen LogP contribution in [-0.4, -0.2) is 56.6 Å². The van der Waals surface area contributed by atoms with Crippen molar-refractivity contribution >= 4 is 16.9 Å². The molecule has 1 aliphatic rings. The van der Waals surface area contributed by atoms with Gasteiger partial charge in [-0.1, -0.05) is 18.2 Å². The maximum absolute atomic E-state index is 12.7. The van der Waals surface area contributed by atoms with Crippen molar-refractivity contribution in [3.63, 3.8) is 0 Å². The second-order valence-electron chi connectivity index (χ2n) is 7.71. The number of aliphatic hydroxyl groups excluding tert-OH is 2. The number of ether oxygens (including phenoxy) is 1. The average molecular weight is 429 g/mol. The van der Waals surface area contributed by atoms with Gasteiger partial charge in [0.05, 0.1) is 19.2 Å². The van der Waals surface area contributed by atoms with Gasteiger partial charge in [-0.2, -0.15) is 0 Å². The highest BCUT2D eigenvalue weighted by Gasteiger charge is 2.40. The van der Waals surface area contributed by atoms with Crippen molar-refractivity contribution < 1.29 is 24.2 Å². The van der Waals surface area contributed by atoms with Crippen LogP contribution in [0.15, 0.2) is 44.5 Å². The molecule has 0 aliphatic carbocycles. The van der Waals surface area contributed by atoms with E-state index in [1.165, 1.54) is 10.8 Å². The van der Waals surface area contributed by atoms with Crippen molar-refractivity contribution in [2.24, 2.45) is 0 Å². The van der Waals surface area contributed by atoms with E-state index in [0.717, 1.165) is 5.39 Å². The van der Waals surface area contributed by atoms with Crippen LogP contribution in [0, 0.1) is 13.8 Å². The molecule has 4 rings (SSSR count). The zero-order valence-electron chi connectivity index (χ0n) is 17.0. The summed E-state index contributed by atoms with van der Waals surface area (Å²) in [6, 6.07) is 6.37. The van der Waals surface area contributed by atoms with Gasteiger partial charge in [-0.05, 0) is 19.9 Å². The van der Waals surface area contributed by atoms with Crippen LogP contribution in [-0.2, 0) is 11.3 Å². The first-order valence-corrected chi connectivity index (χ1v) is 9.83. The summed E-state index contributed by atoms with van der Waals surface area (Å²) < 4.78 is 12.5. The standard InChI is InChI=1S/C21H23N3O7/c1-10-7-24(21(29)23-19(10)27)8-15-17(26)16(25)13(9-30-15)22-20(28)18-11(2)12-5-3-4-6-14(12)31-18/h3-7,13,15-17,25-26H,8-9H2,1-2H3,(H,22,28)(H,23,27,29)/t13-,15-,16+,17-/m1/s1. The van der Waals surface area contributed by atoms with E-state index in [-0.39, 0.29) is 18.9 Å². The number of aromatic nitrogens is 2. The second kappa shape index (κ2) is 8.14. The van der Waals surface area contributed by atoms with Gasteiger partial charge in [0.2, 0.25) is 0 Å². The van der Waals surface area contributed by atoms with E-state index >= 15 is 0 Å². The van der Waals surface area contributed by atoms with Gasteiger partial charge in [0, 0.05) is 22.7 Å². The molecule has 3 aromatic rings. The van der Waals surface area contributed by atoms with Crippen molar-refractivity contribution in [3.05, 3.63) is 68.2 Å². The monoisotopic (exact) mass is 429 g/mol. The third kappa shape index (κ3) is 3.92. The number of hydrogen-bond donors (Lipinski definition) is 4. The van der Waals surface area contributed by atoms with Gasteiger partial charge in [-0.25, -0.2) is 4.79 Å². The third-order valence-corrected chi connectivity index (χ3v) is 5.56. The highest BCUT2D eigenvalue weighted by molar-refractivity contribution is 5.99. The van der Waals surface area contributed by atoms with E-state index in [4.69, 9.17) is 9.15 Å². The van der Waals surface area contributed by atoms with E-state index in [1.54, 1.807) is 26.0 Å². The predicted molar refractivity (Wildman–Crippen MR) is 110 cm³/mol. The Hall–Kier alpha value is -3.21. The van der Waals surface area contributed by atoms with Crippen molar-refractivity contribution in [2.75, 3.05) is 6.61 Å². The van der Waals surface area contributed by atoms with E-state index in [1.807, 2.05) is 12.1 Å². The second-order valence-corrected chi connectivity index (χ2v) is 7.71. The van der Waals surface area contributed by atoms with E-state index in [9.17, 15) is 24.6 Å². The molecule has 4 atom stereocenters. The molecule has 4 N–H and O–H groups in total. The number of nitrogens with zero attached hydrogens (tertiary/aromatic N) is 1. The normalized spacial score (nSPS) is 23.7. The number of aryl methyl sites for hydroxylation is 2. The molecular weight excluding hydrogens is 406 g/mol. The van der Waals surface area contributed by atoms with Gasteiger partial charge >= 0.3 is 5.69 Å². The quantitative estimate of drug-likeness (QED) is 0.450. The van der Waals surface area contributed by atoms with E-state index in [2.05, 4.69) is 10.3 Å². The summed E-state index contributed by atoms with van der Waals surface area (Å²) in [6.07, 6.45) is -2.23. The number of furan rings is 1. The molecule has 3 heterocycles. The Bertz CT molecular complexity index is 1240. The van der Waals surface area contributed by atoms with Crippen LogP contribution >= 0.6 is 0 Å². The molecule has 0 spiro atoms. The minimum atomic E-state index is -1.37. The van der Waals surface area contributed by atoms with Crippen LogP contribution in [0.3, 0.4) is 0 Å². The maximum atomic E-state index is 12.7. The molecular formula is C21H23N3O7. The molecule has 1 saturated heterocycles. The molecule has 0 unspecified atom stereocenters. The molecule has 164 valence electrons. The first kappa shape index (κ1) is 21.0. The topological polar surface area (TPSA) is 147 Å². The minimum Gasteiger partial charge on any atom is -0.451 e. The van der Waals surface area contributed by atoms with Crippen LogP contribution < -0.4 is 16.6 Å². The number of aromatic amines is 1. The third-order valence-electron chi connectivity index (χ3n) is 5.56. The number of H-pyrrole nitrogens is 1. The highest BCUT2D eigenvalue weighted by Crippen LogP contribution is 2.25. The number of nitrogens with one attached hydrogen (secondary N) is 2. The predicted octanol–water partition coefficient (Wildman–Crippen LogP) is -0.181. The lowest BCUT2D eigenvalue weighted by molar-refractivity contribution is -0.152. The van der Waals surface area contributed by atoms with Gasteiger partial charge in [0.15, 0.2) is 5.76 Å². The van der Waals surface area contributed by atoms with Gasteiger partial charge in [-0.3, -0.25) is 19.1 Å². The zero-order valence-corrected chi connectivity index (χ0v) is 17.0. The number of amides is 1. The Kier molecular flexibility index (Phi) is 5.52. The minimum absolute atomic E-state index is 0.0714. The summed E-state index contributed by atoms with van der Waals surface area (Å²) in [4.78, 5) is 38.4. The van der Waals surface area contributed by atoms with Crippen LogP contribution in [0.4, 0.5) is 0 Å². The Morgan fingerprint density at radius 1 is 1.23 bits per heavy atom. The molecule has 1 amide bonds. The number of carbonyl (C=O) groups is 1. The molecule has 1 aromatic carbocycles. The molecule has 0 bridgehead atoms. The summed E-state index contributed by atoms with van der Waals surface area (Å²) in [7, 11) is 0. The number of rotatable bonds is 4. The van der Waals surface area contributed by atoms with Gasteiger partial charge in [-0.15, -0.1) is 0 Å². The summed E-state index contributed by atoms with van der Waals surface area (Å²) in [5.41, 5.74) is 0.446. The summed E-state index contributed by atoms with van der Waals surface area (Å²) in [5.74, 6) is -0.403. The number of fused-ring (bicyclic) bond motifs is 1. The number of benzene rings is 1. The highest BCUT2D eigenvalue weighted by atomic mass is 16.5. The maximum Gasteiger partial charge on any atom is 0.328 e. The molecule has 1 fully saturated rings. The van der Waals surface area contributed by atoms with Crippen LogP contribution in [0.2, 0.25) is 0 Å². The van der Waals surface area contributed by atoms with Crippen molar-refractivity contribution in [1.82, 2.24) is 14.9 Å². The fraction of sp³-hybridized carbons (Fsp3) is 0.381. The summed E-state index contributed by atoms with van der Waals surface area (Å²) >= 11 is 0. The van der Waals surface area contributed by atoms with Crippen LogP contribution in [0.25, 0.3) is 11.0 Å². The van der Waals surface area contributed by atoms with Gasteiger partial charge < -0.3 is 24.7 Å². The molecule has 1 aliphatic heterocycles. The fourth-order valence-electron chi connectivity index (χ4n) is 3.74. The molecule has 10 nitrogen and oxygen atoms in total. The molecule has 2 aromatic heterocycles. The van der Waals surface area contributed by atoms with Crippen LogP contribution in [0.5, 0.6) is 0 Å². The smallest absolute Gasteiger partial charge is 0.328 e. The summed E-state index contributed by atoms with van der Waals surface area (Å²) in [6.45, 7) is 3.17. The summed E-state index contributed by atoms with van der Waals surface area (Å²) in [5, 5.41) is 24.5. The average Bonchev–Trinajstić information content (AvgIpc) is 3.08. The van der Waals surface area contributed by atoms with Crippen molar-refractivity contribution in [2.45, 2.75) is 44.7 Å². The molecule has 0 saturated carbocycles. The van der Waals surface area contributed by atoms with Crippen molar-refractivity contribution in [3.8, 4) is 0 Å². The number of para-hydroxylation sites is 1.